The number of benzene rings is 1. The van der Waals surface area contributed by atoms with E-state index in [1.165, 1.54) is 37.3 Å². The summed E-state index contributed by atoms with van der Waals surface area (Å²) in [4.78, 5) is 36.2. The molecule has 0 aliphatic carbocycles. The van der Waals surface area contributed by atoms with Crippen LogP contribution in [0.1, 0.15) is 23.2 Å². The Morgan fingerprint density at radius 3 is 2.68 bits per heavy atom. The fourth-order valence-corrected chi connectivity index (χ4v) is 3.08. The monoisotopic (exact) mass is 352 g/mol. The highest BCUT2D eigenvalue weighted by Gasteiger charge is 2.44. The van der Waals surface area contributed by atoms with Gasteiger partial charge in [-0.1, -0.05) is 0 Å². The first-order chi connectivity index (χ1) is 11.8. The Morgan fingerprint density at radius 2 is 2.12 bits per heavy atom. The Balaban J connectivity index is 2.28. The number of rotatable bonds is 6. The van der Waals surface area contributed by atoms with Gasteiger partial charge >= 0.3 is 11.7 Å². The largest absolute Gasteiger partial charge is 0.490 e. The van der Waals surface area contributed by atoms with Crippen LogP contribution in [0.2, 0.25) is 0 Å². The van der Waals surface area contributed by atoms with E-state index in [0.29, 0.717) is 19.4 Å². The number of carbonyl (C=O) groups excluding carboxylic acids is 1. The SMILES string of the molecule is COCC1(C(=O)O)CCCN(C(=O)c2ccc([N+](=O)[O-])c(OC)c2)C1. The van der Waals surface area contributed by atoms with Gasteiger partial charge in [0.2, 0.25) is 0 Å². The number of nitrogens with zero attached hydrogens (tertiary/aromatic N) is 2. The molecule has 9 heteroatoms. The van der Waals surface area contributed by atoms with Gasteiger partial charge in [0, 0.05) is 37.9 Å². The van der Waals surface area contributed by atoms with Gasteiger partial charge in [0.15, 0.2) is 5.75 Å². The second-order valence-electron chi connectivity index (χ2n) is 5.99. The molecule has 1 atom stereocenters. The predicted octanol–water partition coefficient (Wildman–Crippen LogP) is 1.56. The standard InChI is InChI=1S/C16H20N2O7/c1-24-10-16(15(20)21)6-3-7-17(9-16)14(19)11-4-5-12(18(22)23)13(8-11)25-2/h4-5,8H,3,6-7,9-10H2,1-2H3,(H,20,21). The van der Waals surface area contributed by atoms with Crippen molar-refractivity contribution in [1.29, 1.82) is 0 Å². The molecule has 1 aliphatic rings. The summed E-state index contributed by atoms with van der Waals surface area (Å²) in [6.07, 6.45) is 0.953. The molecular formula is C16H20N2O7. The quantitative estimate of drug-likeness (QED) is 0.609. The van der Waals surface area contributed by atoms with Crippen LogP contribution in [0.5, 0.6) is 5.75 Å². The van der Waals surface area contributed by atoms with E-state index in [0.717, 1.165) is 0 Å². The highest BCUT2D eigenvalue weighted by molar-refractivity contribution is 5.95. The van der Waals surface area contributed by atoms with Gasteiger partial charge in [-0.15, -0.1) is 0 Å². The van der Waals surface area contributed by atoms with E-state index in [9.17, 15) is 24.8 Å². The molecule has 1 aromatic carbocycles. The van der Waals surface area contributed by atoms with Gasteiger partial charge in [-0.3, -0.25) is 19.7 Å². The summed E-state index contributed by atoms with van der Waals surface area (Å²) in [5, 5.41) is 20.5. The molecule has 25 heavy (non-hydrogen) atoms. The van der Waals surface area contributed by atoms with Crippen molar-refractivity contribution in [1.82, 2.24) is 4.90 Å². The number of amides is 1. The summed E-state index contributed by atoms with van der Waals surface area (Å²) in [6.45, 7) is 0.445. The molecule has 0 bridgehead atoms. The van der Waals surface area contributed by atoms with E-state index < -0.39 is 22.2 Å². The van der Waals surface area contributed by atoms with E-state index >= 15 is 0 Å². The molecule has 1 N–H and O–H groups in total. The average molecular weight is 352 g/mol. The summed E-state index contributed by atoms with van der Waals surface area (Å²) < 4.78 is 10.0. The molecule has 0 saturated carbocycles. The van der Waals surface area contributed by atoms with Crippen LogP contribution in [0.15, 0.2) is 18.2 Å². The Hall–Kier alpha value is -2.68. The molecule has 1 heterocycles. The maximum atomic E-state index is 12.7. The molecule has 1 aliphatic heterocycles. The number of nitro groups is 1. The van der Waals surface area contributed by atoms with Crippen molar-refractivity contribution < 1.29 is 29.1 Å². The van der Waals surface area contributed by atoms with Gasteiger partial charge in [-0.05, 0) is 18.9 Å². The van der Waals surface area contributed by atoms with Crippen molar-refractivity contribution >= 4 is 17.6 Å². The minimum absolute atomic E-state index is 0.00962. The van der Waals surface area contributed by atoms with Gasteiger partial charge in [0.25, 0.3) is 5.91 Å². The number of hydrogen-bond acceptors (Lipinski definition) is 6. The zero-order valence-corrected chi connectivity index (χ0v) is 14.1. The lowest BCUT2D eigenvalue weighted by atomic mass is 9.80. The second kappa shape index (κ2) is 7.47. The van der Waals surface area contributed by atoms with Crippen LogP contribution in [0.25, 0.3) is 0 Å². The first-order valence-electron chi connectivity index (χ1n) is 7.68. The number of carboxylic acid groups (broad SMARTS) is 1. The maximum absolute atomic E-state index is 12.7. The maximum Gasteiger partial charge on any atom is 0.313 e. The smallest absolute Gasteiger partial charge is 0.313 e. The fourth-order valence-electron chi connectivity index (χ4n) is 3.08. The van der Waals surface area contributed by atoms with Crippen LogP contribution < -0.4 is 4.74 Å². The first-order valence-corrected chi connectivity index (χ1v) is 7.68. The van der Waals surface area contributed by atoms with Crippen LogP contribution >= 0.6 is 0 Å². The number of carbonyl (C=O) groups is 2. The van der Waals surface area contributed by atoms with Crippen molar-refractivity contribution in [2.45, 2.75) is 12.8 Å². The molecule has 1 aromatic rings. The number of methoxy groups -OCH3 is 2. The van der Waals surface area contributed by atoms with E-state index in [1.807, 2.05) is 0 Å². The Morgan fingerprint density at radius 1 is 1.40 bits per heavy atom. The topological polar surface area (TPSA) is 119 Å². The molecule has 1 saturated heterocycles. The highest BCUT2D eigenvalue weighted by Crippen LogP contribution is 2.33. The zero-order valence-electron chi connectivity index (χ0n) is 14.1. The molecule has 2 rings (SSSR count). The average Bonchev–Trinajstić information content (AvgIpc) is 2.60. The molecule has 136 valence electrons. The summed E-state index contributed by atoms with van der Waals surface area (Å²) in [5.74, 6) is -1.42. The molecule has 1 fully saturated rings. The van der Waals surface area contributed by atoms with Crippen molar-refractivity contribution in [2.24, 2.45) is 5.41 Å². The van der Waals surface area contributed by atoms with E-state index in [1.54, 1.807) is 0 Å². The Bertz CT molecular complexity index is 687. The molecule has 0 aromatic heterocycles. The third kappa shape index (κ3) is 3.71. The summed E-state index contributed by atoms with van der Waals surface area (Å²) >= 11 is 0. The van der Waals surface area contributed by atoms with Crippen molar-refractivity contribution in [3.63, 3.8) is 0 Å². The third-order valence-electron chi connectivity index (χ3n) is 4.36. The molecule has 0 spiro atoms. The lowest BCUT2D eigenvalue weighted by molar-refractivity contribution is -0.385. The minimum atomic E-state index is -1.15. The summed E-state index contributed by atoms with van der Waals surface area (Å²) in [6, 6.07) is 3.85. The predicted molar refractivity (Wildman–Crippen MR) is 86.7 cm³/mol. The number of hydrogen-bond donors (Lipinski definition) is 1. The Kier molecular flexibility index (Phi) is 5.58. The van der Waals surface area contributed by atoms with Crippen molar-refractivity contribution in [3.05, 3.63) is 33.9 Å². The normalized spacial score (nSPS) is 20.2. The van der Waals surface area contributed by atoms with Crippen LogP contribution in [0.4, 0.5) is 5.69 Å². The fraction of sp³-hybridized carbons (Fsp3) is 0.500. The number of piperidine rings is 1. The van der Waals surface area contributed by atoms with E-state index in [-0.39, 0.29) is 30.2 Å². The van der Waals surface area contributed by atoms with Gasteiger partial charge < -0.3 is 19.5 Å². The number of likely N-dealkylation sites (tertiary alicyclic amines) is 1. The number of nitro benzene ring substituents is 1. The zero-order chi connectivity index (χ0) is 18.6. The van der Waals surface area contributed by atoms with Gasteiger partial charge in [0.05, 0.1) is 18.6 Å². The van der Waals surface area contributed by atoms with Crippen LogP contribution in [-0.2, 0) is 9.53 Å². The third-order valence-corrected chi connectivity index (χ3v) is 4.36. The van der Waals surface area contributed by atoms with Gasteiger partial charge in [-0.25, -0.2) is 0 Å². The highest BCUT2D eigenvalue weighted by atomic mass is 16.6. The van der Waals surface area contributed by atoms with Gasteiger partial charge in [0.1, 0.15) is 5.41 Å². The number of aliphatic carboxylic acids is 1. The van der Waals surface area contributed by atoms with Crippen molar-refractivity contribution in [3.8, 4) is 5.75 Å². The molecule has 1 unspecified atom stereocenters. The van der Waals surface area contributed by atoms with E-state index in [4.69, 9.17) is 9.47 Å². The van der Waals surface area contributed by atoms with Crippen LogP contribution in [0.3, 0.4) is 0 Å². The molecule has 1 amide bonds. The second-order valence-corrected chi connectivity index (χ2v) is 5.99. The molecular weight excluding hydrogens is 332 g/mol. The number of ether oxygens (including phenoxy) is 2. The van der Waals surface area contributed by atoms with Crippen LogP contribution in [0, 0.1) is 15.5 Å². The Labute approximate surface area is 144 Å². The van der Waals surface area contributed by atoms with Crippen molar-refractivity contribution in [2.75, 3.05) is 33.9 Å². The van der Waals surface area contributed by atoms with Gasteiger partial charge in [-0.2, -0.15) is 0 Å². The first kappa shape index (κ1) is 18.7. The number of carboxylic acids is 1. The van der Waals surface area contributed by atoms with Crippen LogP contribution in [-0.4, -0.2) is 60.7 Å². The molecule has 9 nitrogen and oxygen atoms in total. The summed E-state index contributed by atoms with van der Waals surface area (Å²) in [5.41, 5.74) is -1.17. The summed E-state index contributed by atoms with van der Waals surface area (Å²) in [7, 11) is 2.71. The lowest BCUT2D eigenvalue weighted by Crippen LogP contribution is -2.52. The molecule has 0 radical (unpaired) electrons. The van der Waals surface area contributed by atoms with E-state index in [2.05, 4.69) is 0 Å². The lowest BCUT2D eigenvalue weighted by Gasteiger charge is -2.39. The minimum Gasteiger partial charge on any atom is -0.490 e.